The van der Waals surface area contributed by atoms with Gasteiger partial charge in [-0.1, -0.05) is 18.2 Å². The van der Waals surface area contributed by atoms with Crippen molar-refractivity contribution in [1.29, 1.82) is 0 Å². The molecule has 2 aromatic heterocycles. The van der Waals surface area contributed by atoms with Crippen molar-refractivity contribution < 1.29 is 27.5 Å². The molecule has 0 aliphatic carbocycles. The van der Waals surface area contributed by atoms with Crippen LogP contribution in [0, 0.1) is 6.92 Å². The Kier molecular flexibility index (Phi) is 5.01. The molecule has 27 heavy (non-hydrogen) atoms. The van der Waals surface area contributed by atoms with Crippen LogP contribution in [0.2, 0.25) is 0 Å². The lowest BCUT2D eigenvalue weighted by Gasteiger charge is -2.28. The first-order valence-electron chi connectivity index (χ1n) is 8.38. The predicted molar refractivity (Wildman–Crippen MR) is 93.0 cm³/mol. The summed E-state index contributed by atoms with van der Waals surface area (Å²) in [6.45, 7) is 1.14. The fraction of sp³-hybridized carbons (Fsp3) is 0.316. The van der Waals surface area contributed by atoms with Gasteiger partial charge in [0.1, 0.15) is 11.5 Å². The fourth-order valence-corrected chi connectivity index (χ4v) is 2.96. The number of nitrogens with one attached hydrogen (secondary N) is 2. The summed E-state index contributed by atoms with van der Waals surface area (Å²) in [4.78, 5) is 15.2. The van der Waals surface area contributed by atoms with Crippen LogP contribution in [-0.4, -0.2) is 28.7 Å². The van der Waals surface area contributed by atoms with Crippen LogP contribution in [0.15, 0.2) is 47.0 Å². The molecule has 2 heterocycles. The number of carbonyl (C=O) groups excluding carboxylic acids is 1. The van der Waals surface area contributed by atoms with E-state index < -0.39 is 29.9 Å². The van der Waals surface area contributed by atoms with Gasteiger partial charge in [0.25, 0.3) is 0 Å². The molecule has 3 aromatic rings. The number of alkyl halides is 3. The number of halogens is 3. The standard InChI is InChI=1S/C19H19F3N2O3/c1-12-6-7-16(27-12)18(26,19(20,21)22)8-9-23-17(25)10-13-11-24-15-5-3-2-4-14(13)15/h2-7,11,24,26H,8-10H2,1H3,(H,23,25). The smallest absolute Gasteiger partial charge is 0.424 e. The summed E-state index contributed by atoms with van der Waals surface area (Å²) < 4.78 is 45.1. The monoisotopic (exact) mass is 380 g/mol. The van der Waals surface area contributed by atoms with Crippen LogP contribution in [0.1, 0.15) is 23.5 Å². The largest absolute Gasteiger partial charge is 0.463 e. The van der Waals surface area contributed by atoms with E-state index in [1.165, 1.54) is 13.0 Å². The van der Waals surface area contributed by atoms with E-state index in [-0.39, 0.29) is 18.7 Å². The SMILES string of the molecule is Cc1ccc(C(O)(CCNC(=O)Cc2c[nH]c3ccccc23)C(F)(F)F)o1. The lowest BCUT2D eigenvalue weighted by molar-refractivity contribution is -0.274. The number of furan rings is 1. The molecule has 1 amide bonds. The van der Waals surface area contributed by atoms with Gasteiger partial charge in [0.15, 0.2) is 0 Å². The number of H-pyrrole nitrogens is 1. The van der Waals surface area contributed by atoms with Crippen LogP contribution in [0.3, 0.4) is 0 Å². The van der Waals surface area contributed by atoms with Gasteiger partial charge in [-0.2, -0.15) is 13.2 Å². The summed E-state index contributed by atoms with van der Waals surface area (Å²) in [5.74, 6) is -0.755. The maximum absolute atomic E-state index is 13.4. The summed E-state index contributed by atoms with van der Waals surface area (Å²) in [7, 11) is 0. The Morgan fingerprint density at radius 3 is 2.63 bits per heavy atom. The number of hydrogen-bond acceptors (Lipinski definition) is 3. The molecular weight excluding hydrogens is 361 g/mol. The number of para-hydroxylation sites is 1. The molecule has 3 rings (SSSR count). The average molecular weight is 380 g/mol. The molecule has 5 nitrogen and oxygen atoms in total. The molecule has 1 aromatic carbocycles. The van der Waals surface area contributed by atoms with Crippen LogP contribution in [-0.2, 0) is 16.8 Å². The van der Waals surface area contributed by atoms with Crippen molar-refractivity contribution in [1.82, 2.24) is 10.3 Å². The van der Waals surface area contributed by atoms with Gasteiger partial charge in [0.2, 0.25) is 11.5 Å². The Morgan fingerprint density at radius 1 is 1.22 bits per heavy atom. The summed E-state index contributed by atoms with van der Waals surface area (Å²) in [6, 6.07) is 9.86. The van der Waals surface area contributed by atoms with E-state index >= 15 is 0 Å². The maximum atomic E-state index is 13.4. The van der Waals surface area contributed by atoms with Gasteiger partial charge in [0.05, 0.1) is 6.42 Å². The molecule has 0 fully saturated rings. The highest BCUT2D eigenvalue weighted by molar-refractivity contribution is 5.88. The number of hydrogen-bond donors (Lipinski definition) is 3. The van der Waals surface area contributed by atoms with Crippen molar-refractivity contribution in [3.63, 3.8) is 0 Å². The maximum Gasteiger partial charge on any atom is 0.424 e. The second-order valence-corrected chi connectivity index (χ2v) is 6.40. The zero-order chi connectivity index (χ0) is 19.7. The molecule has 144 valence electrons. The number of amides is 1. The zero-order valence-corrected chi connectivity index (χ0v) is 14.6. The Hall–Kier alpha value is -2.74. The molecule has 1 unspecified atom stereocenters. The molecule has 8 heteroatoms. The number of carbonyl (C=O) groups is 1. The summed E-state index contributed by atoms with van der Waals surface area (Å²) in [5.41, 5.74) is -1.54. The molecule has 0 aliphatic rings. The predicted octanol–water partition coefficient (Wildman–Crippen LogP) is 3.57. The molecular formula is C19H19F3N2O3. The van der Waals surface area contributed by atoms with E-state index in [1.54, 1.807) is 6.20 Å². The Bertz CT molecular complexity index is 945. The third-order valence-corrected chi connectivity index (χ3v) is 4.45. The van der Waals surface area contributed by atoms with Gasteiger partial charge in [-0.15, -0.1) is 0 Å². The number of aliphatic hydroxyl groups is 1. The van der Waals surface area contributed by atoms with Crippen LogP contribution < -0.4 is 5.32 Å². The van der Waals surface area contributed by atoms with Gasteiger partial charge in [0, 0.05) is 30.1 Å². The van der Waals surface area contributed by atoms with E-state index in [4.69, 9.17) is 4.42 Å². The minimum absolute atomic E-state index is 0.0221. The van der Waals surface area contributed by atoms with E-state index in [0.29, 0.717) is 0 Å². The second kappa shape index (κ2) is 7.11. The van der Waals surface area contributed by atoms with Crippen LogP contribution in [0.5, 0.6) is 0 Å². The van der Waals surface area contributed by atoms with Gasteiger partial charge in [-0.05, 0) is 30.7 Å². The van der Waals surface area contributed by atoms with Crippen LogP contribution in [0.4, 0.5) is 13.2 Å². The Balaban J connectivity index is 1.64. The van der Waals surface area contributed by atoms with Crippen LogP contribution >= 0.6 is 0 Å². The first-order chi connectivity index (χ1) is 12.7. The van der Waals surface area contributed by atoms with Crippen molar-refractivity contribution in [2.24, 2.45) is 0 Å². The van der Waals surface area contributed by atoms with Crippen molar-refractivity contribution in [3.05, 3.63) is 59.7 Å². The number of aromatic amines is 1. The second-order valence-electron chi connectivity index (χ2n) is 6.40. The number of aromatic nitrogens is 1. The zero-order valence-electron chi connectivity index (χ0n) is 14.6. The normalized spacial score (nSPS) is 14.3. The Labute approximate surface area is 153 Å². The van der Waals surface area contributed by atoms with Gasteiger partial charge < -0.3 is 19.8 Å². The van der Waals surface area contributed by atoms with Gasteiger partial charge in [-0.25, -0.2) is 0 Å². The summed E-state index contributed by atoms with van der Waals surface area (Å²) in [6.07, 6.45) is -3.96. The quantitative estimate of drug-likeness (QED) is 0.612. The minimum Gasteiger partial charge on any atom is -0.463 e. The molecule has 0 bridgehead atoms. The number of aryl methyl sites for hydroxylation is 1. The molecule has 0 saturated carbocycles. The topological polar surface area (TPSA) is 78.3 Å². The molecule has 3 N–H and O–H groups in total. The average Bonchev–Trinajstić information content (AvgIpc) is 3.21. The summed E-state index contributed by atoms with van der Waals surface area (Å²) >= 11 is 0. The van der Waals surface area contributed by atoms with E-state index in [1.807, 2.05) is 24.3 Å². The van der Waals surface area contributed by atoms with Crippen molar-refractivity contribution in [2.45, 2.75) is 31.5 Å². The highest BCUT2D eigenvalue weighted by atomic mass is 19.4. The Morgan fingerprint density at radius 2 is 1.96 bits per heavy atom. The number of rotatable bonds is 6. The molecule has 0 radical (unpaired) electrons. The van der Waals surface area contributed by atoms with Crippen LogP contribution in [0.25, 0.3) is 10.9 Å². The number of benzene rings is 1. The third kappa shape index (κ3) is 3.85. The van der Waals surface area contributed by atoms with Gasteiger partial charge in [-0.3, -0.25) is 4.79 Å². The first-order valence-corrected chi connectivity index (χ1v) is 8.38. The van der Waals surface area contributed by atoms with Crippen molar-refractivity contribution in [3.8, 4) is 0 Å². The summed E-state index contributed by atoms with van der Waals surface area (Å²) in [5, 5.41) is 13.5. The van der Waals surface area contributed by atoms with E-state index in [9.17, 15) is 23.1 Å². The molecule has 0 spiro atoms. The molecule has 1 atom stereocenters. The van der Waals surface area contributed by atoms with E-state index in [2.05, 4.69) is 10.3 Å². The molecule has 0 saturated heterocycles. The lowest BCUT2D eigenvalue weighted by atomic mass is 9.95. The van der Waals surface area contributed by atoms with Gasteiger partial charge >= 0.3 is 6.18 Å². The fourth-order valence-electron chi connectivity index (χ4n) is 2.96. The van der Waals surface area contributed by atoms with Crippen molar-refractivity contribution >= 4 is 16.8 Å². The van der Waals surface area contributed by atoms with E-state index in [0.717, 1.165) is 22.5 Å². The van der Waals surface area contributed by atoms with Crippen molar-refractivity contribution in [2.75, 3.05) is 6.54 Å². The first kappa shape index (κ1) is 19.0. The lowest BCUT2D eigenvalue weighted by Crippen LogP contribution is -2.44. The number of fused-ring (bicyclic) bond motifs is 1. The highest BCUT2D eigenvalue weighted by Gasteiger charge is 2.56. The minimum atomic E-state index is -4.93. The third-order valence-electron chi connectivity index (χ3n) is 4.45. The highest BCUT2D eigenvalue weighted by Crippen LogP contribution is 2.42. The molecule has 0 aliphatic heterocycles.